The van der Waals surface area contributed by atoms with Crippen molar-refractivity contribution in [3.05, 3.63) is 23.8 Å². The van der Waals surface area contributed by atoms with Gasteiger partial charge in [0, 0.05) is 41.4 Å². The van der Waals surface area contributed by atoms with E-state index in [-0.39, 0.29) is 29.8 Å². The van der Waals surface area contributed by atoms with Crippen LogP contribution < -0.4 is 0 Å². The molecule has 0 aromatic carbocycles. The summed E-state index contributed by atoms with van der Waals surface area (Å²) in [6.07, 6.45) is 5.97. The van der Waals surface area contributed by atoms with Crippen molar-refractivity contribution in [3.63, 3.8) is 0 Å². The zero-order valence-corrected chi connectivity index (χ0v) is 22.5. The van der Waals surface area contributed by atoms with Gasteiger partial charge in [0.2, 0.25) is 5.78 Å². The first-order valence-electron chi connectivity index (χ1n) is 12.7. The van der Waals surface area contributed by atoms with Crippen LogP contribution in [0.3, 0.4) is 0 Å². The lowest BCUT2D eigenvalue weighted by atomic mass is 9.46. The number of carbonyl (C=O) groups excluding carboxylic acids is 5. The van der Waals surface area contributed by atoms with Crippen LogP contribution in [0.15, 0.2) is 23.8 Å². The number of Topliss-reactive ketones (excluding diaryl/α,β-unsaturated/α-hetero) is 2. The van der Waals surface area contributed by atoms with Crippen LogP contribution in [-0.2, 0) is 33.4 Å². The zero-order valence-electron chi connectivity index (χ0n) is 21.8. The van der Waals surface area contributed by atoms with Crippen LogP contribution in [-0.4, -0.2) is 46.9 Å². The van der Waals surface area contributed by atoms with Crippen molar-refractivity contribution in [2.24, 2.45) is 40.4 Å². The second-order valence-corrected chi connectivity index (χ2v) is 12.3. The number of allylic oxidation sites excluding steroid dienone is 4. The van der Waals surface area contributed by atoms with Crippen molar-refractivity contribution in [3.8, 4) is 0 Å². The first-order chi connectivity index (χ1) is 16.7. The molecule has 0 aromatic heterocycles. The van der Waals surface area contributed by atoms with Crippen LogP contribution in [0.4, 0.5) is 0 Å². The minimum Gasteiger partial charge on any atom is -0.458 e. The van der Waals surface area contributed by atoms with E-state index in [2.05, 4.69) is 0 Å². The first-order valence-corrected chi connectivity index (χ1v) is 13.1. The van der Waals surface area contributed by atoms with E-state index in [1.165, 1.54) is 13.0 Å². The molecule has 0 heterocycles. The van der Waals surface area contributed by atoms with E-state index >= 15 is 0 Å². The van der Waals surface area contributed by atoms with Gasteiger partial charge in [0.25, 0.3) is 0 Å². The fourth-order valence-corrected chi connectivity index (χ4v) is 8.18. The Labute approximate surface area is 217 Å². The minimum atomic E-state index is -1.62. The summed E-state index contributed by atoms with van der Waals surface area (Å²) in [5.74, 6) is -3.64. The lowest BCUT2D eigenvalue weighted by Crippen LogP contribution is -2.65. The molecule has 36 heavy (non-hydrogen) atoms. The predicted octanol–water partition coefficient (Wildman–Crippen LogP) is 4.01. The number of carbonyl (C=O) groups is 5. The van der Waals surface area contributed by atoms with Crippen LogP contribution >= 0.6 is 11.6 Å². The maximum absolute atomic E-state index is 14.0. The number of ether oxygens (including phenoxy) is 2. The fraction of sp³-hybridized carbons (Fsp3) is 0.679. The van der Waals surface area contributed by atoms with Crippen molar-refractivity contribution in [2.75, 3.05) is 6.61 Å². The maximum atomic E-state index is 14.0. The van der Waals surface area contributed by atoms with E-state index in [4.69, 9.17) is 21.1 Å². The third-order valence-corrected chi connectivity index (χ3v) is 9.79. The first kappa shape index (κ1) is 26.8. The molecule has 4 aliphatic carbocycles. The summed E-state index contributed by atoms with van der Waals surface area (Å²) in [5.41, 5.74) is -2.41. The van der Waals surface area contributed by atoms with Crippen LogP contribution in [0, 0.1) is 40.4 Å². The van der Waals surface area contributed by atoms with Crippen molar-refractivity contribution < 1.29 is 33.4 Å². The highest BCUT2D eigenvalue weighted by Gasteiger charge is 2.74. The molecule has 3 fully saturated rings. The second-order valence-electron chi connectivity index (χ2n) is 11.8. The predicted molar refractivity (Wildman–Crippen MR) is 132 cm³/mol. The van der Waals surface area contributed by atoms with E-state index in [1.54, 1.807) is 19.9 Å². The third-order valence-electron chi connectivity index (χ3n) is 9.34. The Kier molecular flexibility index (Phi) is 6.64. The summed E-state index contributed by atoms with van der Waals surface area (Å²) in [5, 5.41) is -0.422. The van der Waals surface area contributed by atoms with E-state index in [1.807, 2.05) is 26.8 Å². The molecule has 7 nitrogen and oxygen atoms in total. The van der Waals surface area contributed by atoms with Crippen molar-refractivity contribution in [2.45, 2.75) is 71.8 Å². The normalized spacial score (nSPS) is 41.2. The molecule has 4 rings (SSSR count). The number of hydrogen-bond donors (Lipinski definition) is 0. The average molecular weight is 519 g/mol. The molecule has 8 heteroatoms. The van der Waals surface area contributed by atoms with Crippen LogP contribution in [0.1, 0.15) is 60.8 Å². The Hall–Kier alpha value is -2.28. The summed E-state index contributed by atoms with van der Waals surface area (Å²) in [6, 6.07) is 0. The molecule has 0 N–H and O–H groups in total. The summed E-state index contributed by atoms with van der Waals surface area (Å²) in [7, 11) is 0. The molecule has 0 unspecified atom stereocenters. The fourth-order valence-electron chi connectivity index (χ4n) is 7.69. The molecule has 0 aliphatic heterocycles. The Balaban J connectivity index is 1.83. The number of ketones is 3. The molecule has 8 atom stereocenters. The topological polar surface area (TPSA) is 104 Å². The van der Waals surface area contributed by atoms with Gasteiger partial charge in [-0.05, 0) is 36.8 Å². The zero-order chi connectivity index (χ0) is 26.8. The molecule has 0 saturated heterocycles. The van der Waals surface area contributed by atoms with E-state index in [9.17, 15) is 24.0 Å². The number of rotatable bonds is 5. The Morgan fingerprint density at radius 3 is 2.47 bits per heavy atom. The molecular formula is C28H35ClO7. The van der Waals surface area contributed by atoms with Crippen molar-refractivity contribution in [1.29, 1.82) is 0 Å². The standard InChI is InChI=1S/C28H35ClO7/c1-14(2)25(34)36-28(22(33)13-35-16(4)30)15(3)9-19-23-20(29)11-17-10-18(31)7-8-26(17,5)24(23)21(32)12-27(19,28)6/h7-8,10,14-15,19-20,23-24H,9,11-13H2,1-6H3/t15-,19+,20-,23-,24+,26+,27+,28-/m1/s1. The Morgan fingerprint density at radius 2 is 1.86 bits per heavy atom. The van der Waals surface area contributed by atoms with Gasteiger partial charge in [-0.1, -0.05) is 46.3 Å². The highest BCUT2D eigenvalue weighted by Crippen LogP contribution is 2.69. The quantitative estimate of drug-likeness (QED) is 0.400. The van der Waals surface area contributed by atoms with Gasteiger partial charge in [0.15, 0.2) is 18.0 Å². The number of hydrogen-bond acceptors (Lipinski definition) is 7. The van der Waals surface area contributed by atoms with Gasteiger partial charge >= 0.3 is 11.9 Å². The molecule has 0 amide bonds. The number of halogens is 1. The molecule has 4 aliphatic rings. The van der Waals surface area contributed by atoms with Crippen molar-refractivity contribution in [1.82, 2.24) is 0 Å². The summed E-state index contributed by atoms with van der Waals surface area (Å²) in [6.45, 7) is 9.76. The van der Waals surface area contributed by atoms with Gasteiger partial charge in [-0.25, -0.2) is 0 Å². The Morgan fingerprint density at radius 1 is 1.19 bits per heavy atom. The molecule has 0 spiro atoms. The third kappa shape index (κ3) is 3.72. The van der Waals surface area contributed by atoms with Gasteiger partial charge in [-0.15, -0.1) is 11.6 Å². The van der Waals surface area contributed by atoms with Crippen LogP contribution in [0.25, 0.3) is 0 Å². The van der Waals surface area contributed by atoms with Crippen molar-refractivity contribution >= 4 is 40.9 Å². The van der Waals surface area contributed by atoms with E-state index < -0.39 is 63.9 Å². The van der Waals surface area contributed by atoms with E-state index in [0.29, 0.717) is 12.8 Å². The van der Waals surface area contributed by atoms with E-state index in [0.717, 1.165) is 5.57 Å². The molecule has 196 valence electrons. The molecule has 0 aromatic rings. The van der Waals surface area contributed by atoms with Crippen LogP contribution in [0.5, 0.6) is 0 Å². The summed E-state index contributed by atoms with van der Waals surface area (Å²) in [4.78, 5) is 64.4. The highest BCUT2D eigenvalue weighted by atomic mass is 35.5. The van der Waals surface area contributed by atoms with Crippen LogP contribution in [0.2, 0.25) is 0 Å². The SMILES string of the molecule is CC(=O)OCC(=O)[C@]1(OC(=O)C(C)C)[C@H](C)C[C@H]2[C@@H]3[C@H](Cl)CC4=CC(=O)C=C[C@]4(C)[C@H]3C(=O)C[C@@]21C. The van der Waals surface area contributed by atoms with Gasteiger partial charge < -0.3 is 9.47 Å². The second kappa shape index (κ2) is 8.93. The maximum Gasteiger partial charge on any atom is 0.309 e. The molecule has 0 radical (unpaired) electrons. The minimum absolute atomic E-state index is 0.0224. The molecular weight excluding hydrogens is 484 g/mol. The average Bonchev–Trinajstić information content (AvgIpc) is 2.99. The molecule has 0 bridgehead atoms. The largest absolute Gasteiger partial charge is 0.458 e. The number of alkyl halides is 1. The summed E-state index contributed by atoms with van der Waals surface area (Å²) >= 11 is 7.00. The summed E-state index contributed by atoms with van der Waals surface area (Å²) < 4.78 is 11.2. The lowest BCUT2D eigenvalue weighted by Gasteiger charge is -2.58. The van der Waals surface area contributed by atoms with Gasteiger partial charge in [0.05, 0.1) is 5.92 Å². The Bertz CT molecular complexity index is 1090. The monoisotopic (exact) mass is 518 g/mol. The molecule has 3 saturated carbocycles. The van der Waals surface area contributed by atoms with Gasteiger partial charge in [0.1, 0.15) is 5.78 Å². The lowest BCUT2D eigenvalue weighted by molar-refractivity contribution is -0.199. The smallest absolute Gasteiger partial charge is 0.309 e. The van der Waals surface area contributed by atoms with Gasteiger partial charge in [-0.2, -0.15) is 0 Å². The van der Waals surface area contributed by atoms with Gasteiger partial charge in [-0.3, -0.25) is 24.0 Å². The number of esters is 2. The highest BCUT2D eigenvalue weighted by molar-refractivity contribution is 6.21. The number of fused-ring (bicyclic) bond motifs is 5.